The van der Waals surface area contributed by atoms with Gasteiger partial charge >= 0.3 is 5.97 Å². The molecule has 0 rings (SSSR count). The third kappa shape index (κ3) is 13.1. The van der Waals surface area contributed by atoms with Crippen LogP contribution in [0.2, 0.25) is 0 Å². The van der Waals surface area contributed by atoms with Crippen molar-refractivity contribution in [1.29, 1.82) is 0 Å². The van der Waals surface area contributed by atoms with Crippen molar-refractivity contribution in [3.8, 4) is 0 Å². The van der Waals surface area contributed by atoms with Crippen molar-refractivity contribution >= 4 is 17.6 Å². The lowest BCUT2D eigenvalue weighted by atomic mass is 10.0. The second kappa shape index (κ2) is 12.4. The van der Waals surface area contributed by atoms with Gasteiger partial charge in [-0.1, -0.05) is 43.2 Å². The van der Waals surface area contributed by atoms with Gasteiger partial charge in [0.05, 0.1) is 5.38 Å². The van der Waals surface area contributed by atoms with Crippen LogP contribution in [-0.4, -0.2) is 18.0 Å². The van der Waals surface area contributed by atoms with E-state index in [1.165, 1.54) is 11.1 Å². The Bertz CT molecular complexity index is 433. The Hall–Kier alpha value is -1.02. The van der Waals surface area contributed by atoms with Gasteiger partial charge in [-0.25, -0.2) is 0 Å². The fourth-order valence-electron chi connectivity index (χ4n) is 2.02. The summed E-state index contributed by atoms with van der Waals surface area (Å²) in [5, 5.41) is 0.0699. The molecule has 0 aliphatic heterocycles. The summed E-state index contributed by atoms with van der Waals surface area (Å²) >= 11 is 6.18. The molecule has 0 aromatic heterocycles. The molecule has 2 nitrogen and oxygen atoms in total. The quantitative estimate of drug-likeness (QED) is 0.254. The highest BCUT2D eigenvalue weighted by atomic mass is 35.5. The summed E-state index contributed by atoms with van der Waals surface area (Å²) < 4.78 is 5.18. The van der Waals surface area contributed by atoms with Gasteiger partial charge in [-0.05, 0) is 58.4 Å². The minimum atomic E-state index is -0.118. The maximum absolute atomic E-state index is 11.4. The largest absolute Gasteiger partial charge is 0.461 e. The highest BCUT2D eigenvalue weighted by Gasteiger charge is 2.05. The van der Waals surface area contributed by atoms with Gasteiger partial charge in [-0.3, -0.25) is 4.79 Å². The van der Waals surface area contributed by atoms with Crippen LogP contribution in [0.15, 0.2) is 35.5 Å². The Kier molecular flexibility index (Phi) is 11.9. The molecule has 0 N–H and O–H groups in total. The SMILES string of the molecule is C=C(C)C(Cl)CC/C(C)=C/CC/C(C)=C/COC(=O)CC(C)C. The smallest absolute Gasteiger partial charge is 0.306 e. The molecule has 1 unspecified atom stereocenters. The number of halogens is 1. The van der Waals surface area contributed by atoms with Crippen LogP contribution >= 0.6 is 11.6 Å². The molecule has 0 aromatic rings. The number of esters is 1. The first kappa shape index (κ1) is 22.0. The third-order valence-electron chi connectivity index (χ3n) is 3.61. The van der Waals surface area contributed by atoms with Crippen molar-refractivity contribution in [1.82, 2.24) is 0 Å². The molecule has 0 aliphatic rings. The van der Waals surface area contributed by atoms with Crippen LogP contribution in [-0.2, 0) is 9.53 Å². The summed E-state index contributed by atoms with van der Waals surface area (Å²) in [5.41, 5.74) is 3.65. The predicted molar refractivity (Wildman–Crippen MR) is 101 cm³/mol. The van der Waals surface area contributed by atoms with Gasteiger partial charge in [0.25, 0.3) is 0 Å². The van der Waals surface area contributed by atoms with Crippen LogP contribution in [0.1, 0.15) is 66.7 Å². The summed E-state index contributed by atoms with van der Waals surface area (Å²) in [6.45, 7) is 14.5. The maximum atomic E-state index is 11.4. The number of allylic oxidation sites excluding steroid dienone is 4. The van der Waals surface area contributed by atoms with Gasteiger partial charge in [-0.2, -0.15) is 0 Å². The molecular weight excluding hydrogens is 308 g/mol. The highest BCUT2D eigenvalue weighted by Crippen LogP contribution is 2.18. The van der Waals surface area contributed by atoms with Gasteiger partial charge < -0.3 is 4.74 Å². The summed E-state index contributed by atoms with van der Waals surface area (Å²) in [7, 11) is 0. The monoisotopic (exact) mass is 340 g/mol. The van der Waals surface area contributed by atoms with Crippen molar-refractivity contribution in [2.45, 2.75) is 72.1 Å². The molecule has 0 saturated carbocycles. The van der Waals surface area contributed by atoms with Crippen molar-refractivity contribution in [2.75, 3.05) is 6.61 Å². The van der Waals surface area contributed by atoms with Crippen LogP contribution in [0, 0.1) is 5.92 Å². The van der Waals surface area contributed by atoms with Crippen molar-refractivity contribution in [2.24, 2.45) is 5.92 Å². The van der Waals surface area contributed by atoms with Crippen molar-refractivity contribution < 1.29 is 9.53 Å². The first-order valence-corrected chi connectivity index (χ1v) is 8.92. The number of hydrogen-bond acceptors (Lipinski definition) is 2. The molecule has 0 aliphatic carbocycles. The van der Waals surface area contributed by atoms with Gasteiger partial charge in [0.1, 0.15) is 6.61 Å². The molecule has 0 aromatic carbocycles. The lowest BCUT2D eigenvalue weighted by Gasteiger charge is -2.09. The van der Waals surface area contributed by atoms with E-state index in [1.54, 1.807) is 0 Å². The molecule has 23 heavy (non-hydrogen) atoms. The van der Waals surface area contributed by atoms with Crippen molar-refractivity contribution in [3.63, 3.8) is 0 Å². The number of carbonyl (C=O) groups is 1. The second-order valence-corrected chi connectivity index (χ2v) is 7.30. The standard InChI is InChI=1S/C20H33ClO2/c1-15(2)14-20(22)23-13-12-18(6)9-7-8-17(5)10-11-19(21)16(3)4/h8,12,15,19H,3,7,9-11,13-14H2,1-2,4-6H3/b17-8+,18-12+. The summed E-state index contributed by atoms with van der Waals surface area (Å²) in [6, 6.07) is 0. The van der Waals surface area contributed by atoms with E-state index < -0.39 is 0 Å². The van der Waals surface area contributed by atoms with E-state index in [4.69, 9.17) is 16.3 Å². The summed E-state index contributed by atoms with van der Waals surface area (Å²) in [5.74, 6) is 0.228. The van der Waals surface area contributed by atoms with Crippen LogP contribution in [0.3, 0.4) is 0 Å². The van der Waals surface area contributed by atoms with E-state index in [0.717, 1.165) is 31.3 Å². The predicted octanol–water partition coefficient (Wildman–Crippen LogP) is 6.21. The first-order chi connectivity index (χ1) is 10.7. The number of alkyl halides is 1. The third-order valence-corrected chi connectivity index (χ3v) is 4.20. The molecule has 0 bridgehead atoms. The Balaban J connectivity index is 3.96. The minimum absolute atomic E-state index is 0.0699. The Morgan fingerprint density at radius 3 is 2.30 bits per heavy atom. The molecule has 0 spiro atoms. The Labute approximate surface area is 147 Å². The molecule has 1 atom stereocenters. The fraction of sp³-hybridized carbons (Fsp3) is 0.650. The van der Waals surface area contributed by atoms with E-state index in [2.05, 4.69) is 26.5 Å². The number of ether oxygens (including phenoxy) is 1. The first-order valence-electron chi connectivity index (χ1n) is 8.48. The zero-order valence-corrected chi connectivity index (χ0v) is 16.2. The number of carbonyl (C=O) groups excluding carboxylic acids is 1. The van der Waals surface area contributed by atoms with E-state index in [1.807, 2.05) is 26.8 Å². The molecule has 3 heteroatoms. The minimum Gasteiger partial charge on any atom is -0.461 e. The van der Waals surface area contributed by atoms with E-state index >= 15 is 0 Å². The number of hydrogen-bond donors (Lipinski definition) is 0. The van der Waals surface area contributed by atoms with Crippen LogP contribution in [0.5, 0.6) is 0 Å². The average molecular weight is 341 g/mol. The van der Waals surface area contributed by atoms with E-state index in [-0.39, 0.29) is 11.3 Å². The highest BCUT2D eigenvalue weighted by molar-refractivity contribution is 6.22. The second-order valence-electron chi connectivity index (χ2n) is 6.77. The molecule has 0 fully saturated rings. The molecule has 0 saturated heterocycles. The van der Waals surface area contributed by atoms with Crippen LogP contribution in [0.25, 0.3) is 0 Å². The molecule has 132 valence electrons. The molecule has 0 amide bonds. The summed E-state index contributed by atoms with van der Waals surface area (Å²) in [4.78, 5) is 11.4. The zero-order chi connectivity index (χ0) is 17.8. The Morgan fingerprint density at radius 2 is 1.74 bits per heavy atom. The molecule has 0 heterocycles. The molecule has 0 radical (unpaired) electrons. The lowest BCUT2D eigenvalue weighted by molar-refractivity contribution is -0.143. The van der Waals surface area contributed by atoms with Crippen LogP contribution < -0.4 is 0 Å². The average Bonchev–Trinajstić information content (AvgIpc) is 2.43. The van der Waals surface area contributed by atoms with Gasteiger partial charge in [0.15, 0.2) is 0 Å². The van der Waals surface area contributed by atoms with Gasteiger partial charge in [-0.15, -0.1) is 11.6 Å². The zero-order valence-electron chi connectivity index (χ0n) is 15.5. The van der Waals surface area contributed by atoms with E-state index in [0.29, 0.717) is 18.9 Å². The van der Waals surface area contributed by atoms with Crippen LogP contribution in [0.4, 0.5) is 0 Å². The number of rotatable bonds is 11. The normalized spacial score (nSPS) is 14.0. The van der Waals surface area contributed by atoms with E-state index in [9.17, 15) is 4.79 Å². The van der Waals surface area contributed by atoms with Crippen molar-refractivity contribution in [3.05, 3.63) is 35.5 Å². The summed E-state index contributed by atoms with van der Waals surface area (Å²) in [6.07, 6.45) is 8.70. The van der Waals surface area contributed by atoms with Gasteiger partial charge in [0, 0.05) is 6.42 Å². The lowest BCUT2D eigenvalue weighted by Crippen LogP contribution is -2.07. The van der Waals surface area contributed by atoms with Gasteiger partial charge in [0.2, 0.25) is 0 Å². The fourth-order valence-corrected chi connectivity index (χ4v) is 2.13. The molecular formula is C20H33ClO2. The Morgan fingerprint density at radius 1 is 1.13 bits per heavy atom. The maximum Gasteiger partial charge on any atom is 0.306 e. The topological polar surface area (TPSA) is 26.3 Å².